The first-order valence-corrected chi connectivity index (χ1v) is 11.1. The summed E-state index contributed by atoms with van der Waals surface area (Å²) in [6, 6.07) is 3.79. The van der Waals surface area contributed by atoms with E-state index in [1.165, 1.54) is 6.07 Å². The summed E-state index contributed by atoms with van der Waals surface area (Å²) in [4.78, 5) is 11.5. The highest BCUT2D eigenvalue weighted by molar-refractivity contribution is 7.89. The first kappa shape index (κ1) is 20.4. The smallest absolute Gasteiger partial charge is 0.407 e. The number of carbonyl (C=O) groups excluding carboxylic acids is 1. The Labute approximate surface area is 172 Å². The van der Waals surface area contributed by atoms with Gasteiger partial charge in [0, 0.05) is 30.3 Å². The molecule has 2 aromatic rings. The van der Waals surface area contributed by atoms with Crippen molar-refractivity contribution in [2.24, 2.45) is 5.14 Å². The molecule has 1 aromatic carbocycles. The van der Waals surface area contributed by atoms with E-state index in [0.29, 0.717) is 18.7 Å². The number of nitrogens with one attached hydrogen (secondary N) is 3. The van der Waals surface area contributed by atoms with Crippen molar-refractivity contribution in [3.63, 3.8) is 0 Å². The van der Waals surface area contributed by atoms with Crippen molar-refractivity contribution >= 4 is 27.6 Å². The number of H-pyrrole nitrogens is 1. The SMILES string of the molecule is NS(=O)(=O)c1cc(F)c2cc1OCCCNC(=O)O[C@@H]1CC[C@@H](C1)c1cc(n[nH]1)N2. The van der Waals surface area contributed by atoms with Crippen LogP contribution in [0.25, 0.3) is 0 Å². The van der Waals surface area contributed by atoms with Crippen LogP contribution in [0.15, 0.2) is 23.1 Å². The van der Waals surface area contributed by atoms with Gasteiger partial charge in [0.25, 0.3) is 0 Å². The van der Waals surface area contributed by atoms with Crippen LogP contribution < -0.4 is 20.5 Å². The second-order valence-electron chi connectivity index (χ2n) is 7.32. The van der Waals surface area contributed by atoms with Crippen molar-refractivity contribution in [1.82, 2.24) is 15.5 Å². The molecule has 0 radical (unpaired) electrons. The molecule has 30 heavy (non-hydrogen) atoms. The summed E-state index contributed by atoms with van der Waals surface area (Å²) in [6.45, 7) is 0.349. The van der Waals surface area contributed by atoms with Crippen molar-refractivity contribution in [2.45, 2.75) is 42.6 Å². The molecule has 162 valence electrons. The van der Waals surface area contributed by atoms with Crippen LogP contribution in [0.5, 0.6) is 5.75 Å². The number of hydrogen-bond donors (Lipinski definition) is 4. The van der Waals surface area contributed by atoms with E-state index in [9.17, 15) is 17.6 Å². The van der Waals surface area contributed by atoms with Gasteiger partial charge >= 0.3 is 6.09 Å². The molecule has 0 spiro atoms. The number of carbonyl (C=O) groups is 1. The molecule has 1 saturated carbocycles. The maximum atomic E-state index is 14.6. The summed E-state index contributed by atoms with van der Waals surface area (Å²) in [6.07, 6.45) is 1.93. The van der Waals surface area contributed by atoms with Gasteiger partial charge in [0.05, 0.1) is 12.3 Å². The molecule has 1 aliphatic heterocycles. The number of nitrogens with two attached hydrogens (primary N) is 1. The second-order valence-corrected chi connectivity index (χ2v) is 8.85. The molecule has 12 heteroatoms. The number of aromatic nitrogens is 2. The van der Waals surface area contributed by atoms with E-state index in [2.05, 4.69) is 20.8 Å². The number of amides is 1. The van der Waals surface area contributed by atoms with Gasteiger partial charge in [-0.1, -0.05) is 0 Å². The van der Waals surface area contributed by atoms with Gasteiger partial charge in [-0.15, -0.1) is 0 Å². The molecule has 2 heterocycles. The Morgan fingerprint density at radius 3 is 2.87 bits per heavy atom. The number of rotatable bonds is 1. The van der Waals surface area contributed by atoms with Gasteiger partial charge in [-0.3, -0.25) is 5.10 Å². The maximum absolute atomic E-state index is 14.6. The van der Waals surface area contributed by atoms with Gasteiger partial charge in [0.1, 0.15) is 22.6 Å². The zero-order chi connectivity index (χ0) is 21.3. The largest absolute Gasteiger partial charge is 0.492 e. The number of nitrogens with zero attached hydrogens (tertiary/aromatic N) is 1. The Balaban J connectivity index is 1.67. The molecule has 4 rings (SSSR count). The lowest BCUT2D eigenvalue weighted by atomic mass is 10.0. The van der Waals surface area contributed by atoms with Crippen molar-refractivity contribution in [3.8, 4) is 5.75 Å². The minimum absolute atomic E-state index is 0.000649. The predicted octanol–water partition coefficient (Wildman–Crippen LogP) is 2.08. The quantitative estimate of drug-likeness (QED) is 0.531. The minimum Gasteiger partial charge on any atom is -0.492 e. The van der Waals surface area contributed by atoms with Crippen molar-refractivity contribution in [2.75, 3.05) is 18.5 Å². The van der Waals surface area contributed by atoms with Gasteiger partial charge in [-0.2, -0.15) is 5.10 Å². The third-order valence-corrected chi connectivity index (χ3v) is 6.08. The Bertz CT molecular complexity index is 1060. The molecule has 6 bridgehead atoms. The summed E-state index contributed by atoms with van der Waals surface area (Å²) in [5, 5.41) is 17.8. The number of fused-ring (bicyclic) bond motifs is 7. The van der Waals surface area contributed by atoms with Crippen LogP contribution in [0.3, 0.4) is 0 Å². The number of sulfonamides is 1. The molecule has 1 aromatic heterocycles. The lowest BCUT2D eigenvalue weighted by molar-refractivity contribution is 0.0997. The molecule has 2 aliphatic rings. The van der Waals surface area contributed by atoms with Crippen LogP contribution >= 0.6 is 0 Å². The summed E-state index contributed by atoms with van der Waals surface area (Å²) in [5.41, 5.74) is 0.840. The lowest BCUT2D eigenvalue weighted by Gasteiger charge is -2.14. The molecule has 2 atom stereocenters. The highest BCUT2D eigenvalue weighted by Gasteiger charge is 2.30. The summed E-state index contributed by atoms with van der Waals surface area (Å²) in [5.74, 6) is -0.404. The summed E-state index contributed by atoms with van der Waals surface area (Å²) in [7, 11) is -4.21. The van der Waals surface area contributed by atoms with E-state index in [1.807, 2.05) is 0 Å². The fourth-order valence-corrected chi connectivity index (χ4v) is 4.35. The number of ether oxygens (including phenoxy) is 2. The normalized spacial score (nSPS) is 22.3. The highest BCUT2D eigenvalue weighted by atomic mass is 32.2. The van der Waals surface area contributed by atoms with E-state index in [-0.39, 0.29) is 36.6 Å². The van der Waals surface area contributed by atoms with E-state index < -0.39 is 26.8 Å². The average Bonchev–Trinajstić information content (AvgIpc) is 3.31. The van der Waals surface area contributed by atoms with E-state index in [1.54, 1.807) is 6.07 Å². The average molecular weight is 439 g/mol. The first-order valence-electron chi connectivity index (χ1n) is 9.55. The molecular formula is C18H22FN5O5S. The highest BCUT2D eigenvalue weighted by Crippen LogP contribution is 2.37. The zero-order valence-corrected chi connectivity index (χ0v) is 16.8. The van der Waals surface area contributed by atoms with E-state index in [4.69, 9.17) is 14.6 Å². The van der Waals surface area contributed by atoms with Crippen molar-refractivity contribution < 1.29 is 27.1 Å². The van der Waals surface area contributed by atoms with E-state index >= 15 is 0 Å². The molecule has 1 fully saturated rings. The Morgan fingerprint density at radius 2 is 2.07 bits per heavy atom. The number of halogens is 1. The standard InChI is InChI=1S/C18H22FN5O5S/c19-12-7-16(30(20,26)27)15-8-14(12)22-17-9-13(23-24-17)10-2-3-11(6-10)29-18(25)21-4-1-5-28-15/h7-11H,1-6H2,(H,21,25)(H2,20,26,27)(H2,22,23,24)/t10-,11+/m0/s1. The molecule has 10 nitrogen and oxygen atoms in total. The number of aromatic amines is 1. The molecule has 1 amide bonds. The Kier molecular flexibility index (Phi) is 5.52. The van der Waals surface area contributed by atoms with Crippen LogP contribution in [0.1, 0.15) is 37.3 Å². The minimum atomic E-state index is -4.21. The van der Waals surface area contributed by atoms with Gasteiger partial charge in [-0.05, 0) is 31.7 Å². The zero-order valence-electron chi connectivity index (χ0n) is 16.0. The molecule has 1 aliphatic carbocycles. The van der Waals surface area contributed by atoms with Gasteiger partial charge in [0.15, 0.2) is 5.82 Å². The number of benzene rings is 1. The van der Waals surface area contributed by atoms with Gasteiger partial charge in [-0.25, -0.2) is 22.7 Å². The Morgan fingerprint density at radius 1 is 1.23 bits per heavy atom. The maximum Gasteiger partial charge on any atom is 0.407 e. The van der Waals surface area contributed by atoms with Crippen LogP contribution in [0.4, 0.5) is 20.7 Å². The first-order chi connectivity index (χ1) is 14.3. The topological polar surface area (TPSA) is 148 Å². The molecular weight excluding hydrogens is 417 g/mol. The summed E-state index contributed by atoms with van der Waals surface area (Å²) < 4.78 is 49.2. The lowest BCUT2D eigenvalue weighted by Crippen LogP contribution is -2.29. The number of primary sulfonamides is 1. The van der Waals surface area contributed by atoms with Crippen molar-refractivity contribution in [3.05, 3.63) is 29.7 Å². The summed E-state index contributed by atoms with van der Waals surface area (Å²) >= 11 is 0. The third kappa shape index (κ3) is 4.49. The third-order valence-electron chi connectivity index (χ3n) is 5.15. The molecule has 0 saturated heterocycles. The van der Waals surface area contributed by atoms with Gasteiger partial charge < -0.3 is 20.1 Å². The van der Waals surface area contributed by atoms with Crippen LogP contribution in [-0.2, 0) is 14.8 Å². The number of hydrogen-bond acceptors (Lipinski definition) is 7. The Hall–Kier alpha value is -2.86. The fourth-order valence-electron chi connectivity index (χ4n) is 3.68. The van der Waals surface area contributed by atoms with E-state index in [0.717, 1.165) is 24.6 Å². The predicted molar refractivity (Wildman–Crippen MR) is 105 cm³/mol. The number of alkyl carbamates (subject to hydrolysis) is 1. The molecule has 5 N–H and O–H groups in total. The fraction of sp³-hybridized carbons (Fsp3) is 0.444. The van der Waals surface area contributed by atoms with Gasteiger partial charge in [0.2, 0.25) is 10.0 Å². The van der Waals surface area contributed by atoms with Crippen LogP contribution in [0, 0.1) is 5.82 Å². The van der Waals surface area contributed by atoms with Crippen LogP contribution in [0.2, 0.25) is 0 Å². The second kappa shape index (κ2) is 8.11. The van der Waals surface area contributed by atoms with Crippen LogP contribution in [-0.4, -0.2) is 44.0 Å². The number of anilines is 2. The molecule has 0 unspecified atom stereocenters. The van der Waals surface area contributed by atoms with Crippen molar-refractivity contribution in [1.29, 1.82) is 0 Å². The monoisotopic (exact) mass is 439 g/mol.